The van der Waals surface area contributed by atoms with Crippen molar-refractivity contribution in [2.45, 2.75) is 19.6 Å². The Morgan fingerprint density at radius 3 is 2.68 bits per heavy atom. The third-order valence-corrected chi connectivity index (χ3v) is 3.21. The number of aliphatic hydroxyl groups is 1. The van der Waals surface area contributed by atoms with Crippen LogP contribution in [-0.2, 0) is 6.61 Å². The van der Waals surface area contributed by atoms with E-state index in [0.717, 1.165) is 10.0 Å². The van der Waals surface area contributed by atoms with Gasteiger partial charge in [0.05, 0.1) is 6.10 Å². The normalized spacial score (nSPS) is 12.2. The second kappa shape index (κ2) is 6.17. The van der Waals surface area contributed by atoms with Crippen LogP contribution < -0.4 is 4.74 Å². The van der Waals surface area contributed by atoms with Gasteiger partial charge in [0.25, 0.3) is 0 Å². The van der Waals surface area contributed by atoms with E-state index in [1.165, 1.54) is 12.1 Å². The van der Waals surface area contributed by atoms with Crippen molar-refractivity contribution in [1.82, 2.24) is 0 Å². The zero-order chi connectivity index (χ0) is 13.8. The van der Waals surface area contributed by atoms with E-state index in [2.05, 4.69) is 15.9 Å². The lowest BCUT2D eigenvalue weighted by Gasteiger charge is -2.10. The molecule has 0 aliphatic heterocycles. The van der Waals surface area contributed by atoms with Crippen molar-refractivity contribution >= 4 is 15.9 Å². The molecule has 1 atom stereocenters. The molecule has 0 amide bonds. The first-order chi connectivity index (χ1) is 9.06. The molecular formula is C15H14BrFO2. The van der Waals surface area contributed by atoms with E-state index in [1.54, 1.807) is 13.0 Å². The Morgan fingerprint density at radius 1 is 1.26 bits per heavy atom. The highest BCUT2D eigenvalue weighted by molar-refractivity contribution is 9.10. The highest BCUT2D eigenvalue weighted by Crippen LogP contribution is 2.23. The molecule has 0 spiro atoms. The summed E-state index contributed by atoms with van der Waals surface area (Å²) in [7, 11) is 0. The lowest BCUT2D eigenvalue weighted by atomic mass is 10.1. The van der Waals surface area contributed by atoms with Crippen molar-refractivity contribution in [3.05, 3.63) is 63.9 Å². The summed E-state index contributed by atoms with van der Waals surface area (Å²) in [5.41, 5.74) is 1.49. The van der Waals surface area contributed by atoms with Crippen LogP contribution in [0, 0.1) is 5.82 Å². The van der Waals surface area contributed by atoms with Gasteiger partial charge in [-0.25, -0.2) is 4.39 Å². The van der Waals surface area contributed by atoms with E-state index < -0.39 is 11.9 Å². The third-order valence-electron chi connectivity index (χ3n) is 2.72. The minimum Gasteiger partial charge on any atom is -0.486 e. The summed E-state index contributed by atoms with van der Waals surface area (Å²) >= 11 is 3.37. The Bertz CT molecular complexity index is 570. The van der Waals surface area contributed by atoms with Crippen molar-refractivity contribution in [3.8, 4) is 5.75 Å². The standard InChI is InChI=1S/C15H14BrFO2/c1-10(18)12-5-6-15(14(17)8-12)19-9-11-3-2-4-13(16)7-11/h2-8,10,18H,9H2,1H3. The summed E-state index contributed by atoms with van der Waals surface area (Å²) in [4.78, 5) is 0. The lowest BCUT2D eigenvalue weighted by molar-refractivity contribution is 0.198. The number of aliphatic hydroxyl groups excluding tert-OH is 1. The molecule has 0 aliphatic rings. The van der Waals surface area contributed by atoms with Gasteiger partial charge >= 0.3 is 0 Å². The lowest BCUT2D eigenvalue weighted by Crippen LogP contribution is -1.99. The van der Waals surface area contributed by atoms with Gasteiger partial charge in [0.1, 0.15) is 6.61 Å². The topological polar surface area (TPSA) is 29.5 Å². The number of halogens is 2. The molecule has 0 fully saturated rings. The number of benzene rings is 2. The molecule has 1 N–H and O–H groups in total. The highest BCUT2D eigenvalue weighted by atomic mass is 79.9. The smallest absolute Gasteiger partial charge is 0.165 e. The molecule has 0 saturated heterocycles. The Kier molecular flexibility index (Phi) is 4.56. The van der Waals surface area contributed by atoms with Crippen LogP contribution in [0.25, 0.3) is 0 Å². The van der Waals surface area contributed by atoms with Gasteiger partial charge in [-0.2, -0.15) is 0 Å². The van der Waals surface area contributed by atoms with Crippen LogP contribution in [0.5, 0.6) is 5.75 Å². The summed E-state index contributed by atoms with van der Waals surface area (Å²) in [5.74, 6) is -0.280. The minimum atomic E-state index is -0.686. The van der Waals surface area contributed by atoms with Crippen molar-refractivity contribution in [2.24, 2.45) is 0 Å². The molecule has 0 radical (unpaired) electrons. The molecule has 2 nitrogen and oxygen atoms in total. The van der Waals surface area contributed by atoms with Gasteiger partial charge in [-0.3, -0.25) is 0 Å². The van der Waals surface area contributed by atoms with Crippen LogP contribution in [0.4, 0.5) is 4.39 Å². The van der Waals surface area contributed by atoms with Gasteiger partial charge in [-0.1, -0.05) is 34.1 Å². The van der Waals surface area contributed by atoms with Gasteiger partial charge in [0.15, 0.2) is 11.6 Å². The van der Waals surface area contributed by atoms with Crippen molar-refractivity contribution in [1.29, 1.82) is 0 Å². The van der Waals surface area contributed by atoms with E-state index in [0.29, 0.717) is 12.2 Å². The predicted molar refractivity (Wildman–Crippen MR) is 75.5 cm³/mol. The maximum absolute atomic E-state index is 13.7. The molecule has 0 heterocycles. The molecular weight excluding hydrogens is 311 g/mol. The van der Waals surface area contributed by atoms with Gasteiger partial charge in [-0.05, 0) is 42.3 Å². The third kappa shape index (κ3) is 3.78. The summed E-state index contributed by atoms with van der Waals surface area (Å²) in [6, 6.07) is 12.1. The Morgan fingerprint density at radius 2 is 2.05 bits per heavy atom. The fourth-order valence-electron chi connectivity index (χ4n) is 1.68. The fourth-order valence-corrected chi connectivity index (χ4v) is 2.13. The van der Waals surface area contributed by atoms with Crippen molar-refractivity contribution < 1.29 is 14.2 Å². The zero-order valence-corrected chi connectivity index (χ0v) is 12.0. The summed E-state index contributed by atoms with van der Waals surface area (Å²) in [6.45, 7) is 1.89. The molecule has 0 aliphatic carbocycles. The molecule has 2 aromatic rings. The number of hydrogen-bond donors (Lipinski definition) is 1. The Labute approximate surface area is 120 Å². The fraction of sp³-hybridized carbons (Fsp3) is 0.200. The zero-order valence-electron chi connectivity index (χ0n) is 10.4. The van der Waals surface area contributed by atoms with Gasteiger partial charge in [-0.15, -0.1) is 0 Å². The highest BCUT2D eigenvalue weighted by Gasteiger charge is 2.08. The maximum atomic E-state index is 13.7. The quantitative estimate of drug-likeness (QED) is 0.912. The maximum Gasteiger partial charge on any atom is 0.165 e. The Hall–Kier alpha value is -1.39. The summed E-state index contributed by atoms with van der Waals surface area (Å²) < 4.78 is 20.1. The second-order valence-electron chi connectivity index (χ2n) is 4.28. The molecule has 2 rings (SSSR count). The molecule has 0 bridgehead atoms. The molecule has 0 saturated carbocycles. The SMILES string of the molecule is CC(O)c1ccc(OCc2cccc(Br)c2)c(F)c1. The van der Waals surface area contributed by atoms with Gasteiger partial charge in [0.2, 0.25) is 0 Å². The Balaban J connectivity index is 2.07. The largest absolute Gasteiger partial charge is 0.486 e. The van der Waals surface area contributed by atoms with E-state index in [9.17, 15) is 9.50 Å². The molecule has 100 valence electrons. The second-order valence-corrected chi connectivity index (χ2v) is 5.20. The van der Waals surface area contributed by atoms with Crippen molar-refractivity contribution in [2.75, 3.05) is 0 Å². The van der Waals surface area contributed by atoms with Crippen LogP contribution >= 0.6 is 15.9 Å². The van der Waals surface area contributed by atoms with Crippen LogP contribution in [0.3, 0.4) is 0 Å². The van der Waals surface area contributed by atoms with Gasteiger partial charge < -0.3 is 9.84 Å². The van der Waals surface area contributed by atoms with Crippen LogP contribution in [0.1, 0.15) is 24.2 Å². The average molecular weight is 325 g/mol. The van der Waals surface area contributed by atoms with Crippen LogP contribution in [0.15, 0.2) is 46.9 Å². The van der Waals surface area contributed by atoms with Crippen LogP contribution in [0.2, 0.25) is 0 Å². The minimum absolute atomic E-state index is 0.185. The molecule has 4 heteroatoms. The monoisotopic (exact) mass is 324 g/mol. The number of rotatable bonds is 4. The molecule has 2 aromatic carbocycles. The van der Waals surface area contributed by atoms with Crippen LogP contribution in [-0.4, -0.2) is 5.11 Å². The molecule has 0 aromatic heterocycles. The molecule has 1 unspecified atom stereocenters. The first kappa shape index (κ1) is 14.0. The van der Waals surface area contributed by atoms with E-state index >= 15 is 0 Å². The van der Waals surface area contributed by atoms with Gasteiger partial charge in [0, 0.05) is 4.47 Å². The van der Waals surface area contributed by atoms with E-state index in [-0.39, 0.29) is 5.75 Å². The molecule has 19 heavy (non-hydrogen) atoms. The number of ether oxygens (including phenoxy) is 1. The number of hydrogen-bond acceptors (Lipinski definition) is 2. The average Bonchev–Trinajstić information content (AvgIpc) is 2.37. The predicted octanol–water partition coefficient (Wildman–Crippen LogP) is 4.22. The first-order valence-corrected chi connectivity index (χ1v) is 6.70. The summed E-state index contributed by atoms with van der Waals surface area (Å²) in [5, 5.41) is 9.36. The van der Waals surface area contributed by atoms with E-state index in [1.807, 2.05) is 24.3 Å². The summed E-state index contributed by atoms with van der Waals surface area (Å²) in [6.07, 6.45) is -0.686. The van der Waals surface area contributed by atoms with E-state index in [4.69, 9.17) is 4.74 Å². The van der Waals surface area contributed by atoms with Crippen molar-refractivity contribution in [3.63, 3.8) is 0 Å². The first-order valence-electron chi connectivity index (χ1n) is 5.91.